The van der Waals surface area contributed by atoms with Crippen molar-refractivity contribution in [2.45, 2.75) is 32.7 Å². The van der Waals surface area contributed by atoms with Crippen LogP contribution in [0.5, 0.6) is 0 Å². The summed E-state index contributed by atoms with van der Waals surface area (Å²) in [6, 6.07) is 16.2. The minimum atomic E-state index is 0.676. The van der Waals surface area contributed by atoms with Gasteiger partial charge in [0.15, 0.2) is 0 Å². The predicted octanol–water partition coefficient (Wildman–Crippen LogP) is 3.99. The van der Waals surface area contributed by atoms with E-state index >= 15 is 0 Å². The quantitative estimate of drug-likeness (QED) is 0.899. The van der Waals surface area contributed by atoms with Gasteiger partial charge in [0.25, 0.3) is 0 Å². The molecule has 1 N–H and O–H groups in total. The van der Waals surface area contributed by atoms with Gasteiger partial charge in [-0.3, -0.25) is 4.90 Å². The summed E-state index contributed by atoms with van der Waals surface area (Å²) in [5.41, 5.74) is 1.40. The first kappa shape index (κ1) is 17.8. The van der Waals surface area contributed by atoms with E-state index in [4.69, 9.17) is 0 Å². The number of piperidine rings is 1. The molecule has 0 aromatic heterocycles. The van der Waals surface area contributed by atoms with Crippen LogP contribution in [-0.4, -0.2) is 50.2 Å². The van der Waals surface area contributed by atoms with Crippen molar-refractivity contribution in [2.24, 2.45) is 11.8 Å². The standard InChI is InChI=1S/C23H33N3/c1-18(21-9-6-12-24-17-21)19(2)25-13-15-26(16-14-25)23-11-5-8-20-7-3-4-10-22(20)23/h3-5,7-8,10-11,18-19,21,24H,6,9,12-17H2,1-2H3. The zero-order chi connectivity index (χ0) is 17.9. The van der Waals surface area contributed by atoms with Gasteiger partial charge in [-0.15, -0.1) is 0 Å². The van der Waals surface area contributed by atoms with Crippen molar-refractivity contribution < 1.29 is 0 Å². The van der Waals surface area contributed by atoms with Crippen LogP contribution in [0.1, 0.15) is 26.7 Å². The highest BCUT2D eigenvalue weighted by molar-refractivity contribution is 5.94. The molecule has 26 heavy (non-hydrogen) atoms. The molecule has 0 spiro atoms. The summed E-state index contributed by atoms with van der Waals surface area (Å²) < 4.78 is 0. The second-order valence-electron chi connectivity index (χ2n) is 8.23. The van der Waals surface area contributed by atoms with Gasteiger partial charge in [0, 0.05) is 43.3 Å². The first-order valence-corrected chi connectivity index (χ1v) is 10.4. The maximum atomic E-state index is 3.59. The van der Waals surface area contributed by atoms with E-state index < -0.39 is 0 Å². The Labute approximate surface area is 158 Å². The molecule has 0 amide bonds. The summed E-state index contributed by atoms with van der Waals surface area (Å²) in [4.78, 5) is 5.30. The Morgan fingerprint density at radius 1 is 0.962 bits per heavy atom. The summed E-state index contributed by atoms with van der Waals surface area (Å²) in [7, 11) is 0. The molecule has 3 atom stereocenters. The number of fused-ring (bicyclic) bond motifs is 1. The summed E-state index contributed by atoms with van der Waals surface area (Å²) in [6.45, 7) is 12.0. The molecule has 2 saturated heterocycles. The smallest absolute Gasteiger partial charge is 0.0446 e. The lowest BCUT2D eigenvalue weighted by Crippen LogP contribution is -2.53. The molecular weight excluding hydrogens is 318 g/mol. The fourth-order valence-electron chi connectivity index (χ4n) is 4.91. The Morgan fingerprint density at radius 3 is 2.50 bits per heavy atom. The minimum Gasteiger partial charge on any atom is -0.368 e. The average Bonchev–Trinajstić information content (AvgIpc) is 2.73. The number of benzene rings is 2. The van der Waals surface area contributed by atoms with Gasteiger partial charge in [0.05, 0.1) is 0 Å². The maximum Gasteiger partial charge on any atom is 0.0446 e. The molecule has 0 radical (unpaired) electrons. The molecular formula is C23H33N3. The van der Waals surface area contributed by atoms with Crippen LogP contribution in [-0.2, 0) is 0 Å². The Balaban J connectivity index is 1.40. The molecule has 4 rings (SSSR count). The van der Waals surface area contributed by atoms with E-state index in [0.29, 0.717) is 6.04 Å². The Bertz CT molecular complexity index is 709. The topological polar surface area (TPSA) is 18.5 Å². The molecule has 3 heteroatoms. The number of hydrogen-bond donors (Lipinski definition) is 1. The van der Waals surface area contributed by atoms with Crippen LogP contribution in [0.25, 0.3) is 10.8 Å². The van der Waals surface area contributed by atoms with Crippen molar-refractivity contribution in [1.29, 1.82) is 0 Å². The number of hydrogen-bond acceptors (Lipinski definition) is 3. The van der Waals surface area contributed by atoms with Crippen LogP contribution < -0.4 is 10.2 Å². The van der Waals surface area contributed by atoms with Crippen LogP contribution in [0, 0.1) is 11.8 Å². The van der Waals surface area contributed by atoms with Crippen molar-refractivity contribution in [3.8, 4) is 0 Å². The number of nitrogens with zero attached hydrogens (tertiary/aromatic N) is 2. The number of piperazine rings is 1. The van der Waals surface area contributed by atoms with Crippen LogP contribution >= 0.6 is 0 Å². The highest BCUT2D eigenvalue weighted by Gasteiger charge is 2.30. The van der Waals surface area contributed by atoms with Crippen molar-refractivity contribution in [3.05, 3.63) is 42.5 Å². The molecule has 2 aromatic rings. The van der Waals surface area contributed by atoms with Gasteiger partial charge in [-0.1, -0.05) is 43.3 Å². The largest absolute Gasteiger partial charge is 0.368 e. The Morgan fingerprint density at radius 2 is 1.73 bits per heavy atom. The van der Waals surface area contributed by atoms with Gasteiger partial charge in [-0.25, -0.2) is 0 Å². The van der Waals surface area contributed by atoms with E-state index in [2.05, 4.69) is 71.4 Å². The molecule has 3 unspecified atom stereocenters. The van der Waals surface area contributed by atoms with Gasteiger partial charge >= 0.3 is 0 Å². The Hall–Kier alpha value is -1.58. The lowest BCUT2D eigenvalue weighted by molar-refractivity contribution is 0.110. The SMILES string of the molecule is CC(C1CCCNC1)C(C)N1CCN(c2cccc3ccccc23)CC1. The Kier molecular flexibility index (Phi) is 5.46. The van der Waals surface area contributed by atoms with E-state index in [1.807, 2.05) is 0 Å². The van der Waals surface area contributed by atoms with E-state index in [0.717, 1.165) is 24.9 Å². The maximum absolute atomic E-state index is 3.59. The number of anilines is 1. The van der Waals surface area contributed by atoms with Crippen molar-refractivity contribution in [2.75, 3.05) is 44.2 Å². The molecule has 140 valence electrons. The summed E-state index contributed by atoms with van der Waals surface area (Å²) in [5.74, 6) is 1.61. The minimum absolute atomic E-state index is 0.676. The lowest BCUT2D eigenvalue weighted by atomic mass is 9.82. The fraction of sp³-hybridized carbons (Fsp3) is 0.565. The van der Waals surface area contributed by atoms with Crippen LogP contribution in [0.4, 0.5) is 5.69 Å². The second-order valence-corrected chi connectivity index (χ2v) is 8.23. The fourth-order valence-corrected chi connectivity index (χ4v) is 4.91. The van der Waals surface area contributed by atoms with Gasteiger partial charge in [0.1, 0.15) is 0 Å². The van der Waals surface area contributed by atoms with E-state index in [1.165, 1.54) is 55.5 Å². The molecule has 3 nitrogen and oxygen atoms in total. The van der Waals surface area contributed by atoms with E-state index in [1.54, 1.807) is 0 Å². The molecule has 2 heterocycles. The molecule has 2 fully saturated rings. The van der Waals surface area contributed by atoms with E-state index in [-0.39, 0.29) is 0 Å². The molecule has 2 aliphatic rings. The van der Waals surface area contributed by atoms with Gasteiger partial charge < -0.3 is 10.2 Å². The third-order valence-electron chi connectivity index (χ3n) is 6.84. The molecule has 2 aliphatic heterocycles. The first-order chi connectivity index (χ1) is 12.7. The summed E-state index contributed by atoms with van der Waals surface area (Å²) >= 11 is 0. The molecule has 0 aliphatic carbocycles. The van der Waals surface area contributed by atoms with Gasteiger partial charge in [0.2, 0.25) is 0 Å². The lowest BCUT2D eigenvalue weighted by Gasteiger charge is -2.43. The first-order valence-electron chi connectivity index (χ1n) is 10.4. The molecule has 2 aromatic carbocycles. The summed E-state index contributed by atoms with van der Waals surface area (Å²) in [5, 5.41) is 6.33. The zero-order valence-corrected chi connectivity index (χ0v) is 16.3. The van der Waals surface area contributed by atoms with Crippen LogP contribution in [0.15, 0.2) is 42.5 Å². The monoisotopic (exact) mass is 351 g/mol. The highest BCUT2D eigenvalue weighted by Crippen LogP contribution is 2.29. The van der Waals surface area contributed by atoms with Gasteiger partial charge in [-0.2, -0.15) is 0 Å². The van der Waals surface area contributed by atoms with Crippen molar-refractivity contribution in [1.82, 2.24) is 10.2 Å². The average molecular weight is 352 g/mol. The van der Waals surface area contributed by atoms with Crippen molar-refractivity contribution in [3.63, 3.8) is 0 Å². The molecule has 0 saturated carbocycles. The highest BCUT2D eigenvalue weighted by atomic mass is 15.3. The van der Waals surface area contributed by atoms with Crippen LogP contribution in [0.2, 0.25) is 0 Å². The summed E-state index contributed by atoms with van der Waals surface area (Å²) in [6.07, 6.45) is 2.74. The number of rotatable bonds is 4. The zero-order valence-electron chi connectivity index (χ0n) is 16.3. The normalized spacial score (nSPS) is 24.5. The van der Waals surface area contributed by atoms with Crippen LogP contribution in [0.3, 0.4) is 0 Å². The third kappa shape index (κ3) is 3.60. The van der Waals surface area contributed by atoms with E-state index in [9.17, 15) is 0 Å². The third-order valence-corrected chi connectivity index (χ3v) is 6.84. The predicted molar refractivity (Wildman–Crippen MR) is 112 cm³/mol. The second kappa shape index (κ2) is 7.98. The molecule has 0 bridgehead atoms. The number of nitrogens with one attached hydrogen (secondary N) is 1. The van der Waals surface area contributed by atoms with Crippen molar-refractivity contribution >= 4 is 16.5 Å². The van der Waals surface area contributed by atoms with Gasteiger partial charge in [-0.05, 0) is 56.1 Å².